The molecule has 1 saturated heterocycles. The summed E-state index contributed by atoms with van der Waals surface area (Å²) in [6, 6.07) is 14.5. The standard InChI is InChI=1S/C26H25N3O3/c1-15-7-6-8-21(10-15)29-25(31)23(24(30)27-26(29)32)14-20-13-18(4)28(19(20)5)22-11-16(2)9-17(3)12-22/h6-14H,1-5H3,(H,27,30,32)/b23-14-. The number of hydrogen-bond acceptors (Lipinski definition) is 3. The fraction of sp³-hybridized carbons (Fsp3) is 0.192. The van der Waals surface area contributed by atoms with E-state index in [-0.39, 0.29) is 5.57 Å². The Hall–Kier alpha value is -3.93. The van der Waals surface area contributed by atoms with Crippen LogP contribution in [0.4, 0.5) is 10.5 Å². The molecule has 0 saturated carbocycles. The molecule has 0 radical (unpaired) electrons. The molecule has 0 bridgehead atoms. The number of barbiturate groups is 1. The highest BCUT2D eigenvalue weighted by atomic mass is 16.2. The summed E-state index contributed by atoms with van der Waals surface area (Å²) in [4.78, 5) is 39.2. The predicted molar refractivity (Wildman–Crippen MR) is 125 cm³/mol. The summed E-state index contributed by atoms with van der Waals surface area (Å²) in [5.41, 5.74) is 7.22. The van der Waals surface area contributed by atoms with E-state index in [9.17, 15) is 14.4 Å². The SMILES string of the molecule is Cc1cccc(N2C(=O)NC(=O)/C(=C/c3cc(C)n(-c4cc(C)cc(C)c4)c3C)C2=O)c1. The van der Waals surface area contributed by atoms with E-state index >= 15 is 0 Å². The van der Waals surface area contributed by atoms with Gasteiger partial charge in [-0.05, 0) is 93.3 Å². The molecule has 2 aromatic carbocycles. The highest BCUT2D eigenvalue weighted by Gasteiger charge is 2.37. The molecule has 0 aliphatic carbocycles. The Morgan fingerprint density at radius 2 is 1.44 bits per heavy atom. The topological polar surface area (TPSA) is 71.4 Å². The molecule has 6 heteroatoms. The number of urea groups is 1. The van der Waals surface area contributed by atoms with Gasteiger partial charge < -0.3 is 4.57 Å². The van der Waals surface area contributed by atoms with Gasteiger partial charge in [0.2, 0.25) is 0 Å². The van der Waals surface area contributed by atoms with Gasteiger partial charge in [-0.2, -0.15) is 0 Å². The van der Waals surface area contributed by atoms with E-state index < -0.39 is 17.8 Å². The predicted octanol–water partition coefficient (Wildman–Crippen LogP) is 4.69. The first-order valence-corrected chi connectivity index (χ1v) is 10.4. The van der Waals surface area contributed by atoms with Crippen LogP contribution in [0.1, 0.15) is 33.6 Å². The lowest BCUT2D eigenvalue weighted by molar-refractivity contribution is -0.122. The molecule has 1 N–H and O–H groups in total. The molecule has 0 spiro atoms. The van der Waals surface area contributed by atoms with Crippen LogP contribution in [0.5, 0.6) is 0 Å². The lowest BCUT2D eigenvalue weighted by Crippen LogP contribution is -2.54. The number of nitrogens with one attached hydrogen (secondary N) is 1. The van der Waals surface area contributed by atoms with Crippen molar-refractivity contribution in [3.63, 3.8) is 0 Å². The fourth-order valence-corrected chi connectivity index (χ4v) is 4.23. The van der Waals surface area contributed by atoms with Crippen LogP contribution in [-0.4, -0.2) is 22.4 Å². The summed E-state index contributed by atoms with van der Waals surface area (Å²) in [6.45, 7) is 9.91. The largest absolute Gasteiger partial charge is 0.335 e. The average molecular weight is 428 g/mol. The maximum absolute atomic E-state index is 13.2. The molecule has 6 nitrogen and oxygen atoms in total. The van der Waals surface area contributed by atoms with Crippen molar-refractivity contribution in [2.24, 2.45) is 0 Å². The van der Waals surface area contributed by atoms with Gasteiger partial charge in [0.05, 0.1) is 5.69 Å². The maximum Gasteiger partial charge on any atom is 0.335 e. The molecule has 1 fully saturated rings. The van der Waals surface area contributed by atoms with Gasteiger partial charge in [0, 0.05) is 17.1 Å². The average Bonchev–Trinajstić information content (AvgIpc) is 2.97. The van der Waals surface area contributed by atoms with Gasteiger partial charge in [-0.15, -0.1) is 0 Å². The van der Waals surface area contributed by atoms with Gasteiger partial charge >= 0.3 is 6.03 Å². The van der Waals surface area contributed by atoms with Gasteiger partial charge in [0.1, 0.15) is 5.57 Å². The van der Waals surface area contributed by atoms with Crippen molar-refractivity contribution < 1.29 is 14.4 Å². The third kappa shape index (κ3) is 3.75. The molecule has 1 aromatic heterocycles. The zero-order valence-corrected chi connectivity index (χ0v) is 18.8. The number of aryl methyl sites for hydroxylation is 4. The Balaban J connectivity index is 1.78. The molecule has 2 heterocycles. The van der Waals surface area contributed by atoms with Crippen molar-refractivity contribution in [3.05, 3.63) is 87.7 Å². The molecule has 3 aromatic rings. The molecule has 1 aliphatic heterocycles. The van der Waals surface area contributed by atoms with Crippen LogP contribution in [0.15, 0.2) is 54.1 Å². The van der Waals surface area contributed by atoms with E-state index in [4.69, 9.17) is 0 Å². The van der Waals surface area contributed by atoms with Crippen LogP contribution in [-0.2, 0) is 9.59 Å². The smallest absolute Gasteiger partial charge is 0.318 e. The summed E-state index contributed by atoms with van der Waals surface area (Å²) < 4.78 is 2.10. The zero-order valence-electron chi connectivity index (χ0n) is 18.8. The monoisotopic (exact) mass is 427 g/mol. The number of carbonyl (C=O) groups is 3. The molecule has 4 rings (SSSR count). The number of imide groups is 2. The zero-order chi connectivity index (χ0) is 23.2. The molecular formula is C26H25N3O3. The minimum Gasteiger partial charge on any atom is -0.318 e. The highest BCUT2D eigenvalue weighted by Crippen LogP contribution is 2.27. The minimum atomic E-state index is -0.747. The summed E-state index contributed by atoms with van der Waals surface area (Å²) in [7, 11) is 0. The van der Waals surface area contributed by atoms with Crippen molar-refractivity contribution in [1.29, 1.82) is 0 Å². The molecule has 0 atom stereocenters. The first-order chi connectivity index (χ1) is 15.2. The fourth-order valence-electron chi connectivity index (χ4n) is 4.23. The summed E-state index contributed by atoms with van der Waals surface area (Å²) >= 11 is 0. The summed E-state index contributed by atoms with van der Waals surface area (Å²) in [6.07, 6.45) is 1.56. The number of hydrogen-bond donors (Lipinski definition) is 1. The Labute approximate surface area is 187 Å². The number of rotatable bonds is 3. The summed E-state index contributed by atoms with van der Waals surface area (Å²) in [5.74, 6) is -1.33. The second-order valence-electron chi connectivity index (χ2n) is 8.30. The highest BCUT2D eigenvalue weighted by molar-refractivity contribution is 6.39. The quantitative estimate of drug-likeness (QED) is 0.487. The van der Waals surface area contributed by atoms with Gasteiger partial charge in [-0.3, -0.25) is 14.9 Å². The first kappa shape index (κ1) is 21.3. The van der Waals surface area contributed by atoms with Gasteiger partial charge in [-0.1, -0.05) is 18.2 Å². The van der Waals surface area contributed by atoms with Crippen molar-refractivity contribution in [2.45, 2.75) is 34.6 Å². The molecule has 32 heavy (non-hydrogen) atoms. The lowest BCUT2D eigenvalue weighted by Gasteiger charge is -2.26. The van der Waals surface area contributed by atoms with Gasteiger partial charge in [-0.25, -0.2) is 9.69 Å². The maximum atomic E-state index is 13.2. The Bertz CT molecular complexity index is 1290. The van der Waals surface area contributed by atoms with E-state index in [0.717, 1.165) is 44.2 Å². The molecule has 1 aliphatic rings. The third-order valence-corrected chi connectivity index (χ3v) is 5.60. The van der Waals surface area contributed by atoms with Crippen LogP contribution in [0, 0.1) is 34.6 Å². The van der Waals surface area contributed by atoms with E-state index in [0.29, 0.717) is 5.69 Å². The number of amides is 4. The van der Waals surface area contributed by atoms with Crippen molar-refractivity contribution in [3.8, 4) is 5.69 Å². The Kier molecular flexibility index (Phi) is 5.30. The number of benzene rings is 2. The van der Waals surface area contributed by atoms with Crippen LogP contribution in [0.2, 0.25) is 0 Å². The van der Waals surface area contributed by atoms with E-state index in [1.165, 1.54) is 0 Å². The van der Waals surface area contributed by atoms with Gasteiger partial charge in [0.15, 0.2) is 0 Å². The second kappa shape index (κ2) is 7.96. The van der Waals surface area contributed by atoms with Crippen molar-refractivity contribution >= 4 is 29.6 Å². The van der Waals surface area contributed by atoms with Gasteiger partial charge in [0.25, 0.3) is 11.8 Å². The Morgan fingerprint density at radius 3 is 2.09 bits per heavy atom. The number of nitrogens with zero attached hydrogens (tertiary/aromatic N) is 2. The molecular weight excluding hydrogens is 402 g/mol. The number of aromatic nitrogens is 1. The summed E-state index contributed by atoms with van der Waals surface area (Å²) in [5, 5.41) is 2.29. The Morgan fingerprint density at radius 1 is 0.781 bits per heavy atom. The number of anilines is 1. The lowest BCUT2D eigenvalue weighted by atomic mass is 10.1. The number of carbonyl (C=O) groups excluding carboxylic acids is 3. The van der Waals surface area contributed by atoms with Crippen LogP contribution >= 0.6 is 0 Å². The van der Waals surface area contributed by atoms with E-state index in [1.807, 2.05) is 32.9 Å². The molecule has 4 amide bonds. The van der Waals surface area contributed by atoms with Crippen LogP contribution in [0.25, 0.3) is 11.8 Å². The normalized spacial score (nSPS) is 15.5. The van der Waals surface area contributed by atoms with Crippen LogP contribution < -0.4 is 10.2 Å². The first-order valence-electron chi connectivity index (χ1n) is 10.4. The van der Waals surface area contributed by atoms with Crippen molar-refractivity contribution in [1.82, 2.24) is 9.88 Å². The van der Waals surface area contributed by atoms with E-state index in [2.05, 4.69) is 41.9 Å². The van der Waals surface area contributed by atoms with E-state index in [1.54, 1.807) is 24.3 Å². The molecule has 162 valence electrons. The minimum absolute atomic E-state index is 0.0771. The third-order valence-electron chi connectivity index (χ3n) is 5.60. The molecule has 0 unspecified atom stereocenters. The second-order valence-corrected chi connectivity index (χ2v) is 8.30. The van der Waals surface area contributed by atoms with Crippen LogP contribution in [0.3, 0.4) is 0 Å². The van der Waals surface area contributed by atoms with Crippen molar-refractivity contribution in [2.75, 3.05) is 4.90 Å².